The molecule has 27 heavy (non-hydrogen) atoms. The molecule has 0 bridgehead atoms. The van der Waals surface area contributed by atoms with E-state index in [0.29, 0.717) is 18.0 Å². The van der Waals surface area contributed by atoms with E-state index in [2.05, 4.69) is 21.7 Å². The number of carbonyl (C=O) groups excluding carboxylic acids is 1. The number of ether oxygens (including phenoxy) is 2. The van der Waals surface area contributed by atoms with Gasteiger partial charge >= 0.3 is 0 Å². The summed E-state index contributed by atoms with van der Waals surface area (Å²) in [4.78, 5) is 15.4. The number of benzene rings is 2. The van der Waals surface area contributed by atoms with Crippen LogP contribution in [0.3, 0.4) is 0 Å². The molecule has 1 heterocycles. The Hall–Kier alpha value is -2.99. The van der Waals surface area contributed by atoms with Gasteiger partial charge in [0, 0.05) is 35.1 Å². The van der Waals surface area contributed by atoms with Gasteiger partial charge < -0.3 is 25.1 Å². The molecule has 3 rings (SSSR count). The van der Waals surface area contributed by atoms with E-state index in [1.807, 2.05) is 42.6 Å². The average molecular weight is 367 g/mol. The van der Waals surface area contributed by atoms with Crippen molar-refractivity contribution in [3.8, 4) is 11.5 Å². The summed E-state index contributed by atoms with van der Waals surface area (Å²) < 4.78 is 11.1. The molecule has 3 aromatic rings. The zero-order chi connectivity index (χ0) is 19.2. The largest absolute Gasteiger partial charge is 0.493 e. The maximum absolute atomic E-state index is 12.1. The number of methoxy groups -OCH3 is 2. The standard InChI is InChI=1S/C21H25N3O3/c1-22-13-20(25)24-12-17(15-8-6-10-19(26-2)21(15)27-3)16-11-23-18-9-5-4-7-14(16)18/h4-11,17,22-23H,12-13H2,1-3H3,(H,24,25). The van der Waals surface area contributed by atoms with Crippen molar-refractivity contribution in [2.45, 2.75) is 5.92 Å². The van der Waals surface area contributed by atoms with Gasteiger partial charge in [-0.3, -0.25) is 4.79 Å². The Morgan fingerprint density at radius 1 is 1.07 bits per heavy atom. The Balaban J connectivity index is 2.07. The van der Waals surface area contributed by atoms with Crippen LogP contribution in [-0.4, -0.2) is 45.2 Å². The molecule has 0 saturated carbocycles. The predicted octanol–water partition coefficient (Wildman–Crippen LogP) is 2.65. The number of amides is 1. The van der Waals surface area contributed by atoms with Crippen LogP contribution in [0.5, 0.6) is 11.5 Å². The third kappa shape index (κ3) is 3.90. The average Bonchev–Trinajstić information content (AvgIpc) is 3.12. The fourth-order valence-electron chi connectivity index (χ4n) is 3.40. The summed E-state index contributed by atoms with van der Waals surface area (Å²) in [7, 11) is 5.01. The van der Waals surface area contributed by atoms with Crippen LogP contribution < -0.4 is 20.1 Å². The molecule has 0 aliphatic carbocycles. The minimum absolute atomic E-state index is 0.0517. The van der Waals surface area contributed by atoms with Gasteiger partial charge in [-0.1, -0.05) is 30.3 Å². The Labute approximate surface area is 158 Å². The summed E-state index contributed by atoms with van der Waals surface area (Å²) in [6.07, 6.45) is 2.00. The van der Waals surface area contributed by atoms with Gasteiger partial charge in [0.1, 0.15) is 0 Å². The molecule has 0 aliphatic rings. The quantitative estimate of drug-likeness (QED) is 0.572. The van der Waals surface area contributed by atoms with Crippen molar-refractivity contribution in [3.05, 3.63) is 59.8 Å². The van der Waals surface area contributed by atoms with Gasteiger partial charge in [0.15, 0.2) is 11.5 Å². The molecular formula is C21H25N3O3. The van der Waals surface area contributed by atoms with Crippen LogP contribution in [0.15, 0.2) is 48.7 Å². The Morgan fingerprint density at radius 2 is 1.89 bits per heavy atom. The molecule has 1 amide bonds. The van der Waals surface area contributed by atoms with Crippen molar-refractivity contribution in [2.75, 3.05) is 34.4 Å². The SMILES string of the molecule is CNCC(=O)NCC(c1cccc(OC)c1OC)c1c[nH]c2ccccc12. The molecule has 1 aromatic heterocycles. The van der Waals surface area contributed by atoms with Crippen LogP contribution >= 0.6 is 0 Å². The summed E-state index contributed by atoms with van der Waals surface area (Å²) in [5.41, 5.74) is 3.12. The minimum atomic E-state index is -0.0907. The van der Waals surface area contributed by atoms with Crippen LogP contribution in [0.2, 0.25) is 0 Å². The lowest BCUT2D eigenvalue weighted by atomic mass is 9.90. The second-order valence-electron chi connectivity index (χ2n) is 6.26. The van der Waals surface area contributed by atoms with E-state index >= 15 is 0 Å². The molecule has 3 N–H and O–H groups in total. The fraction of sp³-hybridized carbons (Fsp3) is 0.286. The highest BCUT2D eigenvalue weighted by Crippen LogP contribution is 2.40. The van der Waals surface area contributed by atoms with Crippen molar-refractivity contribution >= 4 is 16.8 Å². The van der Waals surface area contributed by atoms with Gasteiger partial charge in [-0.2, -0.15) is 0 Å². The first-order valence-electron chi connectivity index (χ1n) is 8.87. The monoisotopic (exact) mass is 367 g/mol. The smallest absolute Gasteiger partial charge is 0.233 e. The number of aromatic amines is 1. The predicted molar refractivity (Wildman–Crippen MR) is 107 cm³/mol. The molecule has 0 aliphatic heterocycles. The number of para-hydroxylation sites is 2. The lowest BCUT2D eigenvalue weighted by molar-refractivity contribution is -0.120. The number of hydrogen-bond acceptors (Lipinski definition) is 4. The number of carbonyl (C=O) groups is 1. The van der Waals surface area contributed by atoms with E-state index in [1.165, 1.54) is 0 Å². The third-order valence-electron chi connectivity index (χ3n) is 4.65. The van der Waals surface area contributed by atoms with Crippen molar-refractivity contribution in [2.24, 2.45) is 0 Å². The lowest BCUT2D eigenvalue weighted by Crippen LogP contribution is -2.35. The van der Waals surface area contributed by atoms with Crippen molar-refractivity contribution in [1.29, 1.82) is 0 Å². The zero-order valence-electron chi connectivity index (χ0n) is 15.8. The summed E-state index contributed by atoms with van der Waals surface area (Å²) in [5, 5.41) is 7.01. The molecular weight excluding hydrogens is 342 g/mol. The Bertz CT molecular complexity index is 920. The number of fused-ring (bicyclic) bond motifs is 1. The Kier molecular flexibility index (Phi) is 5.98. The highest BCUT2D eigenvalue weighted by atomic mass is 16.5. The fourth-order valence-corrected chi connectivity index (χ4v) is 3.40. The molecule has 6 heteroatoms. The third-order valence-corrected chi connectivity index (χ3v) is 4.65. The van der Waals surface area contributed by atoms with Crippen molar-refractivity contribution in [3.63, 3.8) is 0 Å². The van der Waals surface area contributed by atoms with Gasteiger partial charge in [0.25, 0.3) is 0 Å². The van der Waals surface area contributed by atoms with Gasteiger partial charge in [0.05, 0.1) is 20.8 Å². The van der Waals surface area contributed by atoms with E-state index < -0.39 is 0 Å². The second kappa shape index (κ2) is 8.60. The normalized spacial score (nSPS) is 12.0. The molecule has 6 nitrogen and oxygen atoms in total. The van der Waals surface area contributed by atoms with Crippen LogP contribution in [-0.2, 0) is 4.79 Å². The van der Waals surface area contributed by atoms with Crippen LogP contribution in [0, 0.1) is 0 Å². The number of likely N-dealkylation sites (N-methyl/N-ethyl adjacent to an activating group) is 1. The summed E-state index contributed by atoms with van der Waals surface area (Å²) in [6, 6.07) is 14.0. The molecule has 1 unspecified atom stereocenters. The molecule has 0 spiro atoms. The van der Waals surface area contributed by atoms with E-state index in [0.717, 1.165) is 22.0 Å². The van der Waals surface area contributed by atoms with Crippen LogP contribution in [0.25, 0.3) is 10.9 Å². The number of rotatable bonds is 8. The minimum Gasteiger partial charge on any atom is -0.493 e. The van der Waals surface area contributed by atoms with Crippen molar-refractivity contribution in [1.82, 2.24) is 15.6 Å². The first-order valence-corrected chi connectivity index (χ1v) is 8.87. The topological polar surface area (TPSA) is 75.4 Å². The van der Waals surface area contributed by atoms with Gasteiger partial charge in [-0.15, -0.1) is 0 Å². The van der Waals surface area contributed by atoms with E-state index in [1.54, 1.807) is 21.3 Å². The number of H-pyrrole nitrogens is 1. The molecule has 0 fully saturated rings. The Morgan fingerprint density at radius 3 is 2.63 bits per heavy atom. The maximum atomic E-state index is 12.1. The highest BCUT2D eigenvalue weighted by Gasteiger charge is 2.24. The first-order chi connectivity index (χ1) is 13.2. The number of nitrogens with one attached hydrogen (secondary N) is 3. The van der Waals surface area contributed by atoms with Gasteiger partial charge in [-0.25, -0.2) is 0 Å². The molecule has 0 saturated heterocycles. The summed E-state index contributed by atoms with van der Waals surface area (Å²) in [6.45, 7) is 0.724. The first kappa shape index (κ1) is 18.8. The molecule has 0 radical (unpaired) electrons. The van der Waals surface area contributed by atoms with Crippen LogP contribution in [0.1, 0.15) is 17.0 Å². The number of hydrogen-bond donors (Lipinski definition) is 3. The highest BCUT2D eigenvalue weighted by molar-refractivity contribution is 5.84. The van der Waals surface area contributed by atoms with E-state index in [9.17, 15) is 4.79 Å². The van der Waals surface area contributed by atoms with Crippen molar-refractivity contribution < 1.29 is 14.3 Å². The van der Waals surface area contributed by atoms with Gasteiger partial charge in [0.2, 0.25) is 5.91 Å². The van der Waals surface area contributed by atoms with E-state index in [-0.39, 0.29) is 18.4 Å². The second-order valence-corrected chi connectivity index (χ2v) is 6.26. The summed E-state index contributed by atoms with van der Waals surface area (Å²) in [5.74, 6) is 1.20. The molecule has 2 aromatic carbocycles. The van der Waals surface area contributed by atoms with Crippen LogP contribution in [0.4, 0.5) is 0 Å². The zero-order valence-corrected chi connectivity index (χ0v) is 15.8. The van der Waals surface area contributed by atoms with Gasteiger partial charge in [-0.05, 0) is 24.7 Å². The maximum Gasteiger partial charge on any atom is 0.233 e. The van der Waals surface area contributed by atoms with E-state index in [4.69, 9.17) is 9.47 Å². The number of aromatic nitrogens is 1. The molecule has 142 valence electrons. The lowest BCUT2D eigenvalue weighted by Gasteiger charge is -2.22. The molecule has 1 atom stereocenters. The summed E-state index contributed by atoms with van der Waals surface area (Å²) >= 11 is 0.